The van der Waals surface area contributed by atoms with Crippen molar-refractivity contribution < 1.29 is 20.1 Å². The summed E-state index contributed by atoms with van der Waals surface area (Å²) in [5.41, 5.74) is 0.896. The first-order valence-corrected chi connectivity index (χ1v) is 10.5. The summed E-state index contributed by atoms with van der Waals surface area (Å²) >= 11 is 1.51. The maximum absolute atomic E-state index is 11.4. The lowest BCUT2D eigenvalue weighted by molar-refractivity contribution is -0.145. The van der Waals surface area contributed by atoms with Crippen LogP contribution in [-0.2, 0) is 4.79 Å². The molecule has 0 amide bonds. The molecule has 1 saturated carbocycles. The van der Waals surface area contributed by atoms with Gasteiger partial charge in [0.05, 0.1) is 18.1 Å². The van der Waals surface area contributed by atoms with Crippen molar-refractivity contribution in [1.82, 2.24) is 25.0 Å². The fourth-order valence-electron chi connectivity index (χ4n) is 3.29. The van der Waals surface area contributed by atoms with Crippen molar-refractivity contribution in [3.8, 4) is 0 Å². The van der Waals surface area contributed by atoms with E-state index < -0.39 is 30.1 Å². The smallest absolute Gasteiger partial charge is 0.309 e. The molecule has 2 heterocycles. The molecule has 0 bridgehead atoms. The number of nitrogens with one attached hydrogen (secondary N) is 1. The van der Waals surface area contributed by atoms with E-state index in [1.54, 1.807) is 0 Å². The van der Waals surface area contributed by atoms with Gasteiger partial charge in [0.1, 0.15) is 6.10 Å². The van der Waals surface area contributed by atoms with Gasteiger partial charge >= 0.3 is 5.97 Å². The van der Waals surface area contributed by atoms with Crippen molar-refractivity contribution in [2.24, 2.45) is 5.92 Å². The minimum Gasteiger partial charge on any atom is -0.481 e. The summed E-state index contributed by atoms with van der Waals surface area (Å²) in [6.45, 7) is 4.90. The maximum atomic E-state index is 11.4. The number of hydrogen-bond acceptors (Lipinski definition) is 9. The van der Waals surface area contributed by atoms with E-state index in [0.29, 0.717) is 22.1 Å². The van der Waals surface area contributed by atoms with Crippen LogP contribution in [0, 0.1) is 5.92 Å². The molecule has 1 aliphatic carbocycles. The Labute approximate surface area is 166 Å². The molecule has 11 heteroatoms. The van der Waals surface area contributed by atoms with Gasteiger partial charge in [-0.05, 0) is 19.3 Å². The standard InChI is InChI=1S/C17H26N6O4S/c1-3-5-6-18-14-11-15(20-17(19-14)28-7-4-2)23(22-21-11)10-8-9(16(26)27)12(24)13(10)25/h9-10,12-13,24-25H,3-8H2,1-2H3,(H,26,27)(H,18,19,20)/t9-,10?,12?,13?/m0/s1. The van der Waals surface area contributed by atoms with E-state index in [1.165, 1.54) is 16.4 Å². The minimum absolute atomic E-state index is 0.0517. The monoisotopic (exact) mass is 410 g/mol. The van der Waals surface area contributed by atoms with Crippen molar-refractivity contribution in [3.63, 3.8) is 0 Å². The lowest BCUT2D eigenvalue weighted by Crippen LogP contribution is -2.32. The molecule has 10 nitrogen and oxygen atoms in total. The number of fused-ring (bicyclic) bond motifs is 1. The number of thioether (sulfide) groups is 1. The Morgan fingerprint density at radius 1 is 1.25 bits per heavy atom. The fourth-order valence-corrected chi connectivity index (χ4v) is 3.99. The SMILES string of the molecule is CCCCNc1nc(SCCC)nc2c1nnn2C1C[C@H](C(=O)O)C(O)C1O. The second kappa shape index (κ2) is 9.01. The second-order valence-electron chi connectivity index (χ2n) is 6.92. The highest BCUT2D eigenvalue weighted by Gasteiger charge is 2.47. The Morgan fingerprint density at radius 2 is 2.04 bits per heavy atom. The Balaban J connectivity index is 1.99. The van der Waals surface area contributed by atoms with E-state index in [-0.39, 0.29) is 6.42 Å². The molecule has 1 fully saturated rings. The summed E-state index contributed by atoms with van der Waals surface area (Å²) in [4.78, 5) is 20.4. The van der Waals surface area contributed by atoms with Crippen molar-refractivity contribution in [2.75, 3.05) is 17.6 Å². The molecule has 0 aliphatic heterocycles. The quantitative estimate of drug-likeness (QED) is 0.271. The number of anilines is 1. The van der Waals surface area contributed by atoms with E-state index >= 15 is 0 Å². The number of aliphatic hydroxyl groups excluding tert-OH is 2. The van der Waals surface area contributed by atoms with Crippen molar-refractivity contribution >= 4 is 34.7 Å². The van der Waals surface area contributed by atoms with Gasteiger partial charge in [-0.1, -0.05) is 37.2 Å². The predicted octanol–water partition coefficient (Wildman–Crippen LogP) is 1.30. The van der Waals surface area contributed by atoms with Crippen LogP contribution in [0.2, 0.25) is 0 Å². The van der Waals surface area contributed by atoms with Gasteiger partial charge in [0.2, 0.25) is 0 Å². The number of carbonyl (C=O) groups is 1. The van der Waals surface area contributed by atoms with Gasteiger partial charge in [-0.15, -0.1) is 5.10 Å². The maximum Gasteiger partial charge on any atom is 0.309 e. The third kappa shape index (κ3) is 4.06. The average molecular weight is 411 g/mol. The lowest BCUT2D eigenvalue weighted by Gasteiger charge is -2.16. The van der Waals surface area contributed by atoms with Crippen LogP contribution in [0.1, 0.15) is 45.6 Å². The van der Waals surface area contributed by atoms with Crippen molar-refractivity contribution in [3.05, 3.63) is 0 Å². The zero-order valence-electron chi connectivity index (χ0n) is 15.9. The van der Waals surface area contributed by atoms with Gasteiger partial charge < -0.3 is 20.6 Å². The molecule has 0 spiro atoms. The summed E-state index contributed by atoms with van der Waals surface area (Å²) in [5.74, 6) is -0.773. The van der Waals surface area contributed by atoms with Crippen LogP contribution < -0.4 is 5.32 Å². The van der Waals surface area contributed by atoms with E-state index in [1.807, 2.05) is 0 Å². The van der Waals surface area contributed by atoms with Gasteiger partial charge in [0.15, 0.2) is 22.1 Å². The minimum atomic E-state index is -1.36. The first-order valence-electron chi connectivity index (χ1n) is 9.56. The Bertz CT molecular complexity index is 831. The molecular weight excluding hydrogens is 384 g/mol. The number of carboxylic acid groups (broad SMARTS) is 1. The molecule has 2 aromatic heterocycles. The normalized spacial score (nSPS) is 24.7. The Kier molecular flexibility index (Phi) is 6.68. The molecule has 28 heavy (non-hydrogen) atoms. The van der Waals surface area contributed by atoms with Crippen LogP contribution in [-0.4, -0.2) is 70.8 Å². The first-order chi connectivity index (χ1) is 13.5. The number of rotatable bonds is 9. The van der Waals surface area contributed by atoms with Crippen molar-refractivity contribution in [2.45, 2.75) is 62.9 Å². The Hall–Kier alpha value is -1.98. The first kappa shape index (κ1) is 20.7. The van der Waals surface area contributed by atoms with Gasteiger partial charge in [0.25, 0.3) is 0 Å². The molecule has 4 N–H and O–H groups in total. The summed E-state index contributed by atoms with van der Waals surface area (Å²) in [6.07, 6.45) is 0.411. The van der Waals surface area contributed by atoms with Gasteiger partial charge in [0, 0.05) is 12.3 Å². The number of unbranched alkanes of at least 4 members (excludes halogenated alkanes) is 1. The topological polar surface area (TPSA) is 146 Å². The van der Waals surface area contributed by atoms with Crippen LogP contribution >= 0.6 is 11.8 Å². The van der Waals surface area contributed by atoms with E-state index in [2.05, 4.69) is 39.4 Å². The van der Waals surface area contributed by atoms with Crippen LogP contribution in [0.4, 0.5) is 5.82 Å². The van der Waals surface area contributed by atoms with Gasteiger partial charge in [-0.2, -0.15) is 0 Å². The van der Waals surface area contributed by atoms with Gasteiger partial charge in [-0.3, -0.25) is 4.79 Å². The highest BCUT2D eigenvalue weighted by molar-refractivity contribution is 7.99. The highest BCUT2D eigenvalue weighted by Crippen LogP contribution is 2.37. The van der Waals surface area contributed by atoms with Gasteiger partial charge in [-0.25, -0.2) is 14.6 Å². The lowest BCUT2D eigenvalue weighted by atomic mass is 10.1. The Morgan fingerprint density at radius 3 is 2.68 bits per heavy atom. The summed E-state index contributed by atoms with van der Waals surface area (Å²) in [5, 5.41) is 41.9. The molecule has 0 radical (unpaired) electrons. The zero-order valence-corrected chi connectivity index (χ0v) is 16.8. The zero-order chi connectivity index (χ0) is 20.3. The van der Waals surface area contributed by atoms with E-state index in [4.69, 9.17) is 0 Å². The molecule has 1 aliphatic rings. The van der Waals surface area contributed by atoms with E-state index in [9.17, 15) is 20.1 Å². The average Bonchev–Trinajstić information content (AvgIpc) is 3.22. The van der Waals surface area contributed by atoms with Crippen LogP contribution in [0.15, 0.2) is 5.16 Å². The van der Waals surface area contributed by atoms with E-state index in [0.717, 1.165) is 31.6 Å². The van der Waals surface area contributed by atoms with Crippen molar-refractivity contribution in [1.29, 1.82) is 0 Å². The molecule has 3 unspecified atom stereocenters. The van der Waals surface area contributed by atoms with Crippen LogP contribution in [0.3, 0.4) is 0 Å². The fraction of sp³-hybridized carbons (Fsp3) is 0.706. The molecule has 2 aromatic rings. The number of aliphatic carboxylic acids is 1. The molecule has 0 aromatic carbocycles. The summed E-state index contributed by atoms with van der Waals surface area (Å²) in [6, 6.07) is -0.719. The molecule has 3 rings (SSSR count). The second-order valence-corrected chi connectivity index (χ2v) is 7.98. The third-order valence-corrected chi connectivity index (χ3v) is 5.90. The molecule has 0 saturated heterocycles. The largest absolute Gasteiger partial charge is 0.481 e. The third-order valence-electron chi connectivity index (χ3n) is 4.84. The number of aromatic nitrogens is 5. The number of carboxylic acids is 1. The highest BCUT2D eigenvalue weighted by atomic mass is 32.2. The van der Waals surface area contributed by atoms with Crippen LogP contribution in [0.25, 0.3) is 11.2 Å². The van der Waals surface area contributed by atoms with Crippen LogP contribution in [0.5, 0.6) is 0 Å². The number of aliphatic hydroxyl groups is 2. The summed E-state index contributed by atoms with van der Waals surface area (Å²) in [7, 11) is 0. The predicted molar refractivity (Wildman–Crippen MR) is 104 cm³/mol. The molecule has 154 valence electrons. The summed E-state index contributed by atoms with van der Waals surface area (Å²) < 4.78 is 1.43. The number of nitrogens with zero attached hydrogens (tertiary/aromatic N) is 5. The molecular formula is C17H26N6O4S. The number of hydrogen-bond donors (Lipinski definition) is 4. The molecule has 4 atom stereocenters.